The van der Waals surface area contributed by atoms with Crippen molar-refractivity contribution in [1.29, 1.82) is 0 Å². The lowest BCUT2D eigenvalue weighted by atomic mass is 10.0. The van der Waals surface area contributed by atoms with E-state index in [2.05, 4.69) is 0 Å². The highest BCUT2D eigenvalue weighted by Gasteiger charge is 2.38. The van der Waals surface area contributed by atoms with Gasteiger partial charge in [-0.05, 0) is 6.07 Å². The van der Waals surface area contributed by atoms with Gasteiger partial charge in [-0.25, -0.2) is 8.78 Å². The van der Waals surface area contributed by atoms with Gasteiger partial charge in [-0.15, -0.1) is 0 Å². The van der Waals surface area contributed by atoms with E-state index in [1.54, 1.807) is 0 Å². The Morgan fingerprint density at radius 3 is 2.60 bits per heavy atom. The Morgan fingerprint density at radius 1 is 1.47 bits per heavy atom. The summed E-state index contributed by atoms with van der Waals surface area (Å²) in [5.74, 6) is -3.98. The normalized spacial score (nSPS) is 13.9. The summed E-state index contributed by atoms with van der Waals surface area (Å²) in [5, 5.41) is 17.8. The summed E-state index contributed by atoms with van der Waals surface area (Å²) in [5.41, 5.74) is 5.03. The topological polar surface area (TPSA) is 66.5 Å². The van der Waals surface area contributed by atoms with Crippen molar-refractivity contribution in [3.63, 3.8) is 0 Å². The highest BCUT2D eigenvalue weighted by molar-refractivity contribution is 6.32. The third kappa shape index (κ3) is 2.37. The first-order valence-corrected chi connectivity index (χ1v) is 4.49. The molecule has 0 heterocycles. The van der Waals surface area contributed by atoms with E-state index in [0.717, 1.165) is 0 Å². The molecule has 0 radical (unpaired) electrons. The molecule has 6 heteroatoms. The van der Waals surface area contributed by atoms with Gasteiger partial charge >= 0.3 is 0 Å². The molecule has 0 fully saturated rings. The van der Waals surface area contributed by atoms with Gasteiger partial charge in [-0.2, -0.15) is 0 Å². The van der Waals surface area contributed by atoms with Gasteiger partial charge < -0.3 is 15.9 Å². The lowest BCUT2D eigenvalue weighted by Crippen LogP contribution is -2.36. The van der Waals surface area contributed by atoms with Gasteiger partial charge in [0.25, 0.3) is 5.92 Å². The molecule has 0 aliphatic heterocycles. The van der Waals surface area contributed by atoms with Gasteiger partial charge in [0.2, 0.25) is 0 Å². The van der Waals surface area contributed by atoms with E-state index in [-0.39, 0.29) is 10.6 Å². The van der Waals surface area contributed by atoms with Gasteiger partial charge in [0.1, 0.15) is 18.4 Å². The Bertz CT molecular complexity index is 360. The molecule has 0 saturated carbocycles. The smallest absolute Gasteiger partial charge is 0.289 e. The fraction of sp³-hybridized carbons (Fsp3) is 0.333. The number of hydrogen-bond acceptors (Lipinski definition) is 3. The van der Waals surface area contributed by atoms with Gasteiger partial charge in [0, 0.05) is 5.56 Å². The molecule has 0 aliphatic carbocycles. The first-order chi connectivity index (χ1) is 6.90. The number of alkyl halides is 2. The van der Waals surface area contributed by atoms with E-state index in [1.165, 1.54) is 18.2 Å². The molecule has 0 spiro atoms. The number of para-hydroxylation sites is 1. The molecule has 0 aromatic heterocycles. The maximum atomic E-state index is 13.0. The standard InChI is InChI=1S/C9H10ClF2NO2/c10-6-3-1-2-5(7(6)15)8(13)9(11,12)4-14/h1-3,8,14-15H,4,13H2/t8-/m1/s1. The van der Waals surface area contributed by atoms with Crippen molar-refractivity contribution in [2.75, 3.05) is 6.61 Å². The summed E-state index contributed by atoms with van der Waals surface area (Å²) in [6.07, 6.45) is 0. The minimum absolute atomic E-state index is 0.0586. The van der Waals surface area contributed by atoms with Gasteiger partial charge in [0.05, 0.1) is 5.02 Å². The first-order valence-electron chi connectivity index (χ1n) is 4.12. The Hall–Kier alpha value is -0.910. The van der Waals surface area contributed by atoms with E-state index in [9.17, 15) is 13.9 Å². The van der Waals surface area contributed by atoms with Crippen molar-refractivity contribution < 1.29 is 19.0 Å². The van der Waals surface area contributed by atoms with Crippen LogP contribution in [0.25, 0.3) is 0 Å². The summed E-state index contributed by atoms with van der Waals surface area (Å²) in [6.45, 7) is -1.39. The van der Waals surface area contributed by atoms with E-state index in [0.29, 0.717) is 0 Å². The highest BCUT2D eigenvalue weighted by atomic mass is 35.5. The Balaban J connectivity index is 3.12. The maximum Gasteiger partial charge on any atom is 0.289 e. The molecule has 0 saturated heterocycles. The number of aliphatic hydroxyl groups excluding tert-OH is 1. The summed E-state index contributed by atoms with van der Waals surface area (Å²) < 4.78 is 26.0. The van der Waals surface area contributed by atoms with Crippen molar-refractivity contribution >= 4 is 11.6 Å². The number of aliphatic hydroxyl groups is 1. The molecular formula is C9H10ClF2NO2. The third-order valence-corrected chi connectivity index (χ3v) is 2.32. The van der Waals surface area contributed by atoms with Crippen LogP contribution in [0.1, 0.15) is 11.6 Å². The molecule has 1 rings (SSSR count). The number of phenolic OH excluding ortho intramolecular Hbond substituents is 1. The molecule has 0 bridgehead atoms. The van der Waals surface area contributed by atoms with Gasteiger partial charge in [-0.1, -0.05) is 23.7 Å². The molecule has 4 N–H and O–H groups in total. The SMILES string of the molecule is N[C@H](c1cccc(Cl)c1O)C(F)(F)CO. The molecule has 1 atom stereocenters. The van der Waals surface area contributed by atoms with Crippen LogP contribution in [0.2, 0.25) is 5.02 Å². The van der Waals surface area contributed by atoms with Crippen LogP contribution in [-0.2, 0) is 0 Å². The molecule has 0 unspecified atom stereocenters. The Morgan fingerprint density at radius 2 is 2.07 bits per heavy atom. The highest BCUT2D eigenvalue weighted by Crippen LogP contribution is 2.36. The fourth-order valence-electron chi connectivity index (χ4n) is 1.11. The van der Waals surface area contributed by atoms with Crippen molar-refractivity contribution in [2.45, 2.75) is 12.0 Å². The van der Waals surface area contributed by atoms with E-state index in [4.69, 9.17) is 22.4 Å². The number of hydrogen-bond donors (Lipinski definition) is 3. The molecule has 0 amide bonds. The largest absolute Gasteiger partial charge is 0.506 e. The number of halogens is 3. The van der Waals surface area contributed by atoms with E-state index in [1.807, 2.05) is 0 Å². The Kier molecular flexibility index (Phi) is 3.49. The number of rotatable bonds is 3. The van der Waals surface area contributed by atoms with Gasteiger partial charge in [-0.3, -0.25) is 0 Å². The zero-order valence-corrected chi connectivity index (χ0v) is 8.38. The minimum Gasteiger partial charge on any atom is -0.506 e. The molecule has 1 aromatic carbocycles. The van der Waals surface area contributed by atoms with Gasteiger partial charge in [0.15, 0.2) is 0 Å². The maximum absolute atomic E-state index is 13.0. The monoisotopic (exact) mass is 237 g/mol. The molecule has 1 aromatic rings. The molecule has 3 nitrogen and oxygen atoms in total. The number of nitrogens with two attached hydrogens (primary N) is 1. The number of phenols is 1. The van der Waals surface area contributed by atoms with Crippen LogP contribution in [0, 0.1) is 0 Å². The molecule has 0 aliphatic rings. The number of benzene rings is 1. The minimum atomic E-state index is -3.50. The third-order valence-electron chi connectivity index (χ3n) is 2.02. The molecule has 15 heavy (non-hydrogen) atoms. The van der Waals surface area contributed by atoms with Crippen LogP contribution in [0.4, 0.5) is 8.78 Å². The number of aromatic hydroxyl groups is 1. The van der Waals surface area contributed by atoms with Crippen LogP contribution in [0.5, 0.6) is 5.75 Å². The second-order valence-electron chi connectivity index (χ2n) is 3.07. The average molecular weight is 238 g/mol. The first kappa shape index (κ1) is 12.2. The fourth-order valence-corrected chi connectivity index (χ4v) is 1.29. The summed E-state index contributed by atoms with van der Waals surface area (Å²) in [6, 6.07) is 2.19. The second kappa shape index (κ2) is 4.30. The summed E-state index contributed by atoms with van der Waals surface area (Å²) >= 11 is 5.54. The lowest BCUT2D eigenvalue weighted by molar-refractivity contribution is -0.0715. The van der Waals surface area contributed by atoms with Crippen molar-refractivity contribution in [3.05, 3.63) is 28.8 Å². The van der Waals surface area contributed by atoms with Crippen molar-refractivity contribution in [3.8, 4) is 5.75 Å². The average Bonchev–Trinajstić information content (AvgIpc) is 2.21. The van der Waals surface area contributed by atoms with Crippen molar-refractivity contribution in [1.82, 2.24) is 0 Å². The van der Waals surface area contributed by atoms with Crippen LogP contribution in [-0.4, -0.2) is 22.7 Å². The predicted molar refractivity (Wildman–Crippen MR) is 52.1 cm³/mol. The van der Waals surface area contributed by atoms with Crippen LogP contribution in [0.3, 0.4) is 0 Å². The van der Waals surface area contributed by atoms with Crippen LogP contribution < -0.4 is 5.73 Å². The van der Waals surface area contributed by atoms with Crippen LogP contribution >= 0.6 is 11.6 Å². The molecule has 84 valence electrons. The summed E-state index contributed by atoms with van der Waals surface area (Å²) in [7, 11) is 0. The van der Waals surface area contributed by atoms with Crippen molar-refractivity contribution in [2.24, 2.45) is 5.73 Å². The predicted octanol–water partition coefficient (Wildman–Crippen LogP) is 1.67. The van der Waals surface area contributed by atoms with E-state index < -0.39 is 24.3 Å². The summed E-state index contributed by atoms with van der Waals surface area (Å²) in [4.78, 5) is 0. The zero-order chi connectivity index (χ0) is 11.6. The zero-order valence-electron chi connectivity index (χ0n) is 7.62. The van der Waals surface area contributed by atoms with E-state index >= 15 is 0 Å². The quantitative estimate of drug-likeness (QED) is 0.749. The lowest BCUT2D eigenvalue weighted by Gasteiger charge is -2.22. The second-order valence-corrected chi connectivity index (χ2v) is 3.48. The van der Waals surface area contributed by atoms with Crippen LogP contribution in [0.15, 0.2) is 18.2 Å². The molecular weight excluding hydrogens is 228 g/mol. The Labute approximate surface area is 90.1 Å².